The van der Waals surface area contributed by atoms with Crippen LogP contribution in [0.25, 0.3) is 6.08 Å². The van der Waals surface area contributed by atoms with E-state index < -0.39 is 11.7 Å². The van der Waals surface area contributed by atoms with Crippen LogP contribution in [0.15, 0.2) is 76.5 Å². The Kier molecular flexibility index (Phi) is 6.88. The zero-order valence-electron chi connectivity index (χ0n) is 18.8. The fraction of sp³-hybridized carbons (Fsp3) is 0.154. The predicted octanol–water partition coefficient (Wildman–Crippen LogP) is 5.75. The summed E-state index contributed by atoms with van der Waals surface area (Å²) in [6, 6.07) is 17.1. The number of alkyl halides is 3. The summed E-state index contributed by atoms with van der Waals surface area (Å²) in [6.45, 7) is 0.337. The van der Waals surface area contributed by atoms with Crippen LogP contribution in [-0.4, -0.2) is 26.0 Å². The number of anilines is 1. The average molecular weight is 499 g/mol. The highest BCUT2D eigenvalue weighted by Crippen LogP contribution is 2.42. The lowest BCUT2D eigenvalue weighted by atomic mass is 10.1. The molecule has 0 atom stereocenters. The Morgan fingerprint density at radius 1 is 1.06 bits per heavy atom. The van der Waals surface area contributed by atoms with E-state index in [9.17, 15) is 22.8 Å². The number of thioether (sulfide) groups is 1. The minimum atomic E-state index is -4.42. The molecular weight excluding hydrogens is 477 g/mol. The predicted molar refractivity (Wildman–Crippen MR) is 129 cm³/mol. The lowest BCUT2D eigenvalue weighted by molar-refractivity contribution is -0.137. The molecule has 180 valence electrons. The van der Waals surface area contributed by atoms with Crippen molar-refractivity contribution in [2.75, 3.05) is 19.1 Å². The summed E-state index contributed by atoms with van der Waals surface area (Å²) < 4.78 is 43.5. The zero-order chi connectivity index (χ0) is 25.2. The summed E-state index contributed by atoms with van der Waals surface area (Å²) in [4.78, 5) is 28.2. The van der Waals surface area contributed by atoms with E-state index in [1.165, 1.54) is 28.8 Å². The number of nitrogens with one attached hydrogen (secondary N) is 1. The molecule has 2 amide bonds. The summed E-state index contributed by atoms with van der Waals surface area (Å²) >= 11 is 1.21. The van der Waals surface area contributed by atoms with Crippen molar-refractivity contribution in [1.82, 2.24) is 5.32 Å². The van der Waals surface area contributed by atoms with E-state index in [0.29, 0.717) is 28.3 Å². The normalized spacial score (nSPS) is 14.6. The van der Waals surface area contributed by atoms with E-state index in [-0.39, 0.29) is 11.8 Å². The van der Waals surface area contributed by atoms with Crippen LogP contribution in [0.4, 0.5) is 18.9 Å². The summed E-state index contributed by atoms with van der Waals surface area (Å²) in [5.74, 6) is 0.144. The van der Waals surface area contributed by atoms with E-state index in [1.807, 2.05) is 24.3 Å². The fourth-order valence-electron chi connectivity index (χ4n) is 3.48. The van der Waals surface area contributed by atoms with Crippen LogP contribution in [0.5, 0.6) is 5.75 Å². The zero-order valence-corrected chi connectivity index (χ0v) is 19.7. The SMILES string of the molecule is COc1ccc(CNC(=O)c2ccc3c(c2)N(C)C(=O)C(=Cc2ccc(C(F)(F)F)cc2)S3)cc1. The van der Waals surface area contributed by atoms with Crippen molar-refractivity contribution in [2.24, 2.45) is 0 Å². The quantitative estimate of drug-likeness (QED) is 0.455. The second-order valence-electron chi connectivity index (χ2n) is 7.81. The maximum Gasteiger partial charge on any atom is 0.416 e. The second-order valence-corrected chi connectivity index (χ2v) is 8.89. The van der Waals surface area contributed by atoms with Gasteiger partial charge in [0.2, 0.25) is 0 Å². The van der Waals surface area contributed by atoms with Crippen LogP contribution in [0, 0.1) is 0 Å². The Balaban J connectivity index is 1.49. The second kappa shape index (κ2) is 9.87. The Hall–Kier alpha value is -3.72. The van der Waals surface area contributed by atoms with Crippen LogP contribution in [0.1, 0.15) is 27.0 Å². The molecule has 0 fully saturated rings. The van der Waals surface area contributed by atoms with Gasteiger partial charge in [0.25, 0.3) is 11.8 Å². The lowest BCUT2D eigenvalue weighted by Crippen LogP contribution is -2.31. The van der Waals surface area contributed by atoms with Crippen molar-refractivity contribution >= 4 is 35.3 Å². The Morgan fingerprint density at radius 2 is 1.74 bits per heavy atom. The van der Waals surface area contributed by atoms with Crippen molar-refractivity contribution in [3.63, 3.8) is 0 Å². The summed E-state index contributed by atoms with van der Waals surface area (Å²) in [5, 5.41) is 2.86. The van der Waals surface area contributed by atoms with Crippen molar-refractivity contribution in [1.29, 1.82) is 0 Å². The van der Waals surface area contributed by atoms with Crippen molar-refractivity contribution in [2.45, 2.75) is 17.6 Å². The van der Waals surface area contributed by atoms with Gasteiger partial charge in [-0.3, -0.25) is 9.59 Å². The topological polar surface area (TPSA) is 58.6 Å². The number of halogens is 3. The molecular formula is C26H21F3N2O3S. The minimum absolute atomic E-state index is 0.277. The third-order valence-corrected chi connectivity index (χ3v) is 6.54. The lowest BCUT2D eigenvalue weighted by Gasteiger charge is -2.27. The first-order valence-electron chi connectivity index (χ1n) is 10.6. The Bertz CT molecular complexity index is 1290. The highest BCUT2D eigenvalue weighted by Gasteiger charge is 2.30. The number of carbonyl (C=O) groups is 2. The highest BCUT2D eigenvalue weighted by molar-refractivity contribution is 8.04. The molecule has 1 aliphatic rings. The van der Waals surface area contributed by atoms with Crippen molar-refractivity contribution in [3.8, 4) is 5.75 Å². The largest absolute Gasteiger partial charge is 0.497 e. The first-order valence-corrected chi connectivity index (χ1v) is 11.4. The number of nitrogens with zero attached hydrogens (tertiary/aromatic N) is 1. The smallest absolute Gasteiger partial charge is 0.416 e. The molecule has 1 heterocycles. The number of methoxy groups -OCH3 is 1. The molecule has 0 aromatic heterocycles. The molecule has 0 aliphatic carbocycles. The number of rotatable bonds is 5. The van der Waals surface area contributed by atoms with Crippen LogP contribution < -0.4 is 15.0 Å². The van der Waals surface area contributed by atoms with E-state index in [4.69, 9.17) is 4.74 Å². The number of hydrogen-bond acceptors (Lipinski definition) is 4. The summed E-state index contributed by atoms with van der Waals surface area (Å²) in [6.07, 6.45) is -2.86. The molecule has 0 saturated carbocycles. The van der Waals surface area contributed by atoms with Gasteiger partial charge in [0, 0.05) is 24.1 Å². The van der Waals surface area contributed by atoms with E-state index in [0.717, 1.165) is 28.3 Å². The van der Waals surface area contributed by atoms with Gasteiger partial charge in [0.15, 0.2) is 0 Å². The van der Waals surface area contributed by atoms with Crippen LogP contribution in [-0.2, 0) is 17.5 Å². The van der Waals surface area contributed by atoms with Crippen LogP contribution in [0.2, 0.25) is 0 Å². The highest BCUT2D eigenvalue weighted by atomic mass is 32.2. The van der Waals surface area contributed by atoms with Crippen LogP contribution >= 0.6 is 11.8 Å². The van der Waals surface area contributed by atoms with Gasteiger partial charge in [-0.15, -0.1) is 0 Å². The number of fused-ring (bicyclic) bond motifs is 1. The molecule has 0 radical (unpaired) electrons. The molecule has 0 saturated heterocycles. The van der Waals surface area contributed by atoms with Gasteiger partial charge >= 0.3 is 6.18 Å². The van der Waals surface area contributed by atoms with Gasteiger partial charge in [-0.25, -0.2) is 0 Å². The fourth-order valence-corrected chi connectivity index (χ4v) is 4.58. The molecule has 5 nitrogen and oxygen atoms in total. The van der Waals surface area contributed by atoms with Crippen LogP contribution in [0.3, 0.4) is 0 Å². The summed E-state index contributed by atoms with van der Waals surface area (Å²) in [7, 11) is 3.18. The third-order valence-electron chi connectivity index (χ3n) is 5.47. The van der Waals surface area contributed by atoms with Gasteiger partial charge in [0.05, 0.1) is 23.3 Å². The molecule has 0 unspecified atom stereocenters. The Labute approximate surface area is 204 Å². The molecule has 1 aliphatic heterocycles. The van der Waals surface area contributed by atoms with Gasteiger partial charge in [-0.2, -0.15) is 13.2 Å². The number of hydrogen-bond donors (Lipinski definition) is 1. The van der Waals surface area contributed by atoms with E-state index in [1.54, 1.807) is 38.4 Å². The van der Waals surface area contributed by atoms with Crippen molar-refractivity contribution < 1.29 is 27.5 Å². The van der Waals surface area contributed by atoms with Gasteiger partial charge in [-0.1, -0.05) is 36.0 Å². The number of amides is 2. The number of likely N-dealkylation sites (N-methyl/N-ethyl adjacent to an activating group) is 1. The number of ether oxygens (including phenoxy) is 1. The standard InChI is InChI=1S/C26H21F3N2O3S/c1-31-21-14-18(24(32)30-15-17-5-10-20(34-2)11-6-17)7-12-22(21)35-23(25(31)33)13-16-3-8-19(9-4-16)26(27,28)29/h3-14H,15H2,1-2H3,(H,30,32). The maximum atomic E-state index is 12.9. The third kappa shape index (κ3) is 5.51. The van der Waals surface area contributed by atoms with E-state index in [2.05, 4.69) is 5.32 Å². The molecule has 4 rings (SSSR count). The Morgan fingerprint density at radius 3 is 2.37 bits per heavy atom. The molecule has 35 heavy (non-hydrogen) atoms. The first kappa shape index (κ1) is 24.4. The molecule has 0 bridgehead atoms. The molecule has 1 N–H and O–H groups in total. The molecule has 0 spiro atoms. The summed E-state index contributed by atoms with van der Waals surface area (Å²) in [5.41, 5.74) is 1.65. The molecule has 3 aromatic carbocycles. The van der Waals surface area contributed by atoms with E-state index >= 15 is 0 Å². The average Bonchev–Trinajstić information content (AvgIpc) is 2.85. The maximum absolute atomic E-state index is 12.9. The van der Waals surface area contributed by atoms with Gasteiger partial charge < -0.3 is 15.0 Å². The minimum Gasteiger partial charge on any atom is -0.497 e. The van der Waals surface area contributed by atoms with Gasteiger partial charge in [0.1, 0.15) is 5.75 Å². The monoisotopic (exact) mass is 498 g/mol. The molecule has 9 heteroatoms. The number of benzene rings is 3. The first-order chi connectivity index (χ1) is 16.7. The number of carbonyl (C=O) groups excluding carboxylic acids is 2. The van der Waals surface area contributed by atoms with Crippen molar-refractivity contribution in [3.05, 3.63) is 93.9 Å². The molecule has 3 aromatic rings. The van der Waals surface area contributed by atoms with Gasteiger partial charge in [-0.05, 0) is 59.7 Å².